The van der Waals surface area contributed by atoms with E-state index in [9.17, 15) is 14.7 Å². The SMILES string of the molecule is CC(C)(C)c1cc(COC(=O)[C@@H]2N3C(=O)[C@@](Cl)(I)[C@H]3SC2(C)C)cc(C(C)(C)C)c1O. The van der Waals surface area contributed by atoms with Gasteiger partial charge in [0.1, 0.15) is 23.8 Å². The maximum Gasteiger partial charge on any atom is 0.330 e. The van der Waals surface area contributed by atoms with Crippen molar-refractivity contribution in [2.45, 2.75) is 91.9 Å². The molecule has 0 saturated carbocycles. The zero-order chi connectivity index (χ0) is 23.7. The molecule has 0 radical (unpaired) electrons. The molecule has 1 N–H and O–H groups in total. The minimum Gasteiger partial charge on any atom is -0.507 e. The largest absolute Gasteiger partial charge is 0.507 e. The minimum absolute atomic E-state index is 0.0749. The van der Waals surface area contributed by atoms with Crippen LogP contribution in [-0.4, -0.2) is 40.9 Å². The highest BCUT2D eigenvalue weighted by atomic mass is 127. The van der Waals surface area contributed by atoms with Gasteiger partial charge in [0, 0.05) is 4.75 Å². The highest BCUT2D eigenvalue weighted by Gasteiger charge is 2.70. The number of hydrogen-bond donors (Lipinski definition) is 1. The third-order valence-electron chi connectivity index (χ3n) is 5.82. The number of ether oxygens (including phenoxy) is 1. The molecule has 172 valence electrons. The Kier molecular flexibility index (Phi) is 6.19. The lowest BCUT2D eigenvalue weighted by molar-refractivity contribution is -0.162. The summed E-state index contributed by atoms with van der Waals surface area (Å²) < 4.78 is 4.21. The van der Waals surface area contributed by atoms with Crippen molar-refractivity contribution in [1.29, 1.82) is 0 Å². The van der Waals surface area contributed by atoms with Crippen molar-refractivity contribution in [3.63, 3.8) is 0 Å². The molecule has 2 fully saturated rings. The van der Waals surface area contributed by atoms with E-state index in [-0.39, 0.29) is 34.5 Å². The summed E-state index contributed by atoms with van der Waals surface area (Å²) in [5.41, 5.74) is 1.91. The standard InChI is InChI=1S/C23H31ClINO4S/c1-20(2,3)13-9-12(10-14(15(13)27)21(4,5)6)11-30-17(28)16-22(7,8)31-19-23(24,25)18(29)26(16)19/h9-10,16,19,27H,11H2,1-8H3/t16-,19+,23+/m0/s1. The summed E-state index contributed by atoms with van der Waals surface area (Å²) in [6, 6.07) is 3.12. The summed E-state index contributed by atoms with van der Waals surface area (Å²) in [5.74, 6) is -0.382. The van der Waals surface area contributed by atoms with Gasteiger partial charge in [-0.15, -0.1) is 11.8 Å². The van der Waals surface area contributed by atoms with Crippen molar-refractivity contribution in [2.24, 2.45) is 0 Å². The first-order chi connectivity index (χ1) is 13.9. The van der Waals surface area contributed by atoms with Crippen LogP contribution in [-0.2, 0) is 31.8 Å². The summed E-state index contributed by atoms with van der Waals surface area (Å²) in [6.45, 7) is 16.2. The van der Waals surface area contributed by atoms with E-state index >= 15 is 0 Å². The maximum absolute atomic E-state index is 13.1. The van der Waals surface area contributed by atoms with E-state index in [0.717, 1.165) is 16.7 Å². The van der Waals surface area contributed by atoms with Gasteiger partial charge in [-0.3, -0.25) is 4.79 Å². The number of benzene rings is 1. The molecule has 0 spiro atoms. The van der Waals surface area contributed by atoms with Gasteiger partial charge in [-0.05, 0) is 76.1 Å². The second kappa shape index (κ2) is 7.69. The molecule has 0 bridgehead atoms. The van der Waals surface area contributed by atoms with Crippen LogP contribution in [0.25, 0.3) is 0 Å². The number of amides is 1. The predicted octanol–water partition coefficient (Wildman–Crippen LogP) is 5.46. The number of fused-ring (bicyclic) bond motifs is 1. The van der Waals surface area contributed by atoms with Gasteiger partial charge in [0.15, 0.2) is 0 Å². The summed E-state index contributed by atoms with van der Waals surface area (Å²) >= 11 is 9.85. The Morgan fingerprint density at radius 1 is 1.19 bits per heavy atom. The number of halogens is 2. The summed E-state index contributed by atoms with van der Waals surface area (Å²) in [6.07, 6.45) is 0. The molecular weight excluding hydrogens is 549 g/mol. The Balaban J connectivity index is 1.86. The van der Waals surface area contributed by atoms with E-state index in [4.69, 9.17) is 16.3 Å². The second-order valence-electron chi connectivity index (χ2n) is 11.0. The molecule has 0 aliphatic carbocycles. The van der Waals surface area contributed by atoms with Crippen LogP contribution in [0.3, 0.4) is 0 Å². The number of hydrogen-bond acceptors (Lipinski definition) is 5. The average molecular weight is 580 g/mol. The third kappa shape index (κ3) is 4.31. The Bertz CT molecular complexity index is 897. The van der Waals surface area contributed by atoms with Gasteiger partial charge in [-0.1, -0.05) is 53.1 Å². The molecule has 1 aromatic rings. The molecule has 1 aromatic carbocycles. The number of β-lactam (4-membered cyclic amide) rings is 1. The second-order valence-corrected chi connectivity index (χ2v) is 15.6. The van der Waals surface area contributed by atoms with Crippen LogP contribution in [0.4, 0.5) is 0 Å². The minimum atomic E-state index is -1.01. The molecule has 8 heteroatoms. The molecule has 5 nitrogen and oxygen atoms in total. The molecule has 2 saturated heterocycles. The number of thioether (sulfide) groups is 1. The predicted molar refractivity (Wildman–Crippen MR) is 134 cm³/mol. The highest BCUT2D eigenvalue weighted by molar-refractivity contribution is 14.1. The zero-order valence-electron chi connectivity index (χ0n) is 19.3. The fourth-order valence-electron chi connectivity index (χ4n) is 4.12. The summed E-state index contributed by atoms with van der Waals surface area (Å²) in [7, 11) is 0. The quantitative estimate of drug-likeness (QED) is 0.223. The Morgan fingerprint density at radius 2 is 1.68 bits per heavy atom. The molecule has 2 heterocycles. The number of rotatable bonds is 3. The molecule has 3 rings (SSSR count). The van der Waals surface area contributed by atoms with Gasteiger partial charge >= 0.3 is 5.97 Å². The fraction of sp³-hybridized carbons (Fsp3) is 0.652. The molecule has 0 aromatic heterocycles. The maximum atomic E-state index is 13.1. The number of aromatic hydroxyl groups is 1. The smallest absolute Gasteiger partial charge is 0.330 e. The summed E-state index contributed by atoms with van der Waals surface area (Å²) in [4.78, 5) is 27.2. The third-order valence-corrected chi connectivity index (χ3v) is 9.43. The molecular formula is C23H31ClINO4S. The number of phenols is 1. The Labute approximate surface area is 207 Å². The van der Waals surface area contributed by atoms with E-state index in [1.807, 2.05) is 90.1 Å². The van der Waals surface area contributed by atoms with Crippen molar-refractivity contribution >= 4 is 57.8 Å². The highest BCUT2D eigenvalue weighted by Crippen LogP contribution is 2.59. The van der Waals surface area contributed by atoms with Crippen LogP contribution in [0.2, 0.25) is 0 Å². The lowest BCUT2D eigenvalue weighted by Gasteiger charge is -2.46. The topological polar surface area (TPSA) is 66.8 Å². The first-order valence-corrected chi connectivity index (χ1v) is 12.6. The van der Waals surface area contributed by atoms with Crippen LogP contribution < -0.4 is 0 Å². The molecule has 0 unspecified atom stereocenters. The molecule has 1 amide bonds. The van der Waals surface area contributed by atoms with Crippen LogP contribution in [0, 0.1) is 0 Å². The van der Waals surface area contributed by atoms with Crippen molar-refractivity contribution in [2.75, 3.05) is 0 Å². The Morgan fingerprint density at radius 3 is 2.13 bits per heavy atom. The van der Waals surface area contributed by atoms with Gasteiger partial charge in [0.2, 0.25) is 2.88 Å². The van der Waals surface area contributed by atoms with Gasteiger partial charge in [-0.2, -0.15) is 0 Å². The van der Waals surface area contributed by atoms with Crippen molar-refractivity contribution < 1.29 is 19.4 Å². The van der Waals surface area contributed by atoms with Gasteiger partial charge in [0.05, 0.1) is 0 Å². The molecule has 2 aliphatic heterocycles. The molecule has 31 heavy (non-hydrogen) atoms. The molecule has 3 atom stereocenters. The first kappa shape index (κ1) is 25.0. The monoisotopic (exact) mass is 579 g/mol. The fourth-order valence-corrected chi connectivity index (χ4v) is 6.91. The van der Waals surface area contributed by atoms with Crippen molar-refractivity contribution in [1.82, 2.24) is 4.90 Å². The Hall–Kier alpha value is -0.670. The van der Waals surface area contributed by atoms with Crippen LogP contribution >= 0.6 is 46.0 Å². The van der Waals surface area contributed by atoms with E-state index in [0.29, 0.717) is 0 Å². The first-order valence-electron chi connectivity index (χ1n) is 10.3. The van der Waals surface area contributed by atoms with Gasteiger partial charge in [0.25, 0.3) is 5.91 Å². The number of nitrogens with zero attached hydrogens (tertiary/aromatic N) is 1. The van der Waals surface area contributed by atoms with E-state index in [1.165, 1.54) is 11.8 Å². The van der Waals surface area contributed by atoms with Gasteiger partial charge in [-0.25, -0.2) is 4.79 Å². The van der Waals surface area contributed by atoms with E-state index < -0.39 is 19.6 Å². The number of carbonyl (C=O) groups is 2. The van der Waals surface area contributed by atoms with E-state index in [2.05, 4.69) is 0 Å². The zero-order valence-corrected chi connectivity index (χ0v) is 23.0. The van der Waals surface area contributed by atoms with Crippen LogP contribution in [0.1, 0.15) is 72.1 Å². The van der Waals surface area contributed by atoms with Crippen LogP contribution in [0.5, 0.6) is 5.75 Å². The lowest BCUT2D eigenvalue weighted by Crippen LogP contribution is -2.68. The normalized spacial score (nSPS) is 27.7. The number of alkyl halides is 2. The number of carbonyl (C=O) groups excluding carboxylic acids is 2. The number of esters is 1. The van der Waals surface area contributed by atoms with E-state index in [1.54, 1.807) is 4.90 Å². The summed E-state index contributed by atoms with van der Waals surface area (Å²) in [5, 5.41) is 10.6. The van der Waals surface area contributed by atoms with Crippen molar-refractivity contribution in [3.05, 3.63) is 28.8 Å². The lowest BCUT2D eigenvalue weighted by atomic mass is 9.78. The molecule has 2 aliphatic rings. The van der Waals surface area contributed by atoms with Crippen LogP contribution in [0.15, 0.2) is 12.1 Å². The van der Waals surface area contributed by atoms with Gasteiger partial charge < -0.3 is 14.7 Å². The van der Waals surface area contributed by atoms with Crippen molar-refractivity contribution in [3.8, 4) is 5.75 Å². The number of phenolic OH excluding ortho intramolecular Hbond substituents is 1. The average Bonchev–Trinajstić information content (AvgIpc) is 2.88.